The van der Waals surface area contributed by atoms with Crippen molar-refractivity contribution < 1.29 is 19.5 Å². The second kappa shape index (κ2) is 5.19. The van der Waals surface area contributed by atoms with Gasteiger partial charge in [-0.25, -0.2) is 4.79 Å². The third-order valence-corrected chi connectivity index (χ3v) is 0.618. The van der Waals surface area contributed by atoms with Crippen LogP contribution in [0.15, 0.2) is 25.3 Å². The van der Waals surface area contributed by atoms with Crippen molar-refractivity contribution in [2.45, 2.75) is 0 Å². The van der Waals surface area contributed by atoms with Crippen molar-refractivity contribution in [2.75, 3.05) is 0 Å². The van der Waals surface area contributed by atoms with Crippen LogP contribution in [0.5, 0.6) is 0 Å². The summed E-state index contributed by atoms with van der Waals surface area (Å²) in [5, 5.41) is 0. The Balaban J connectivity index is 3.41. The molecule has 0 unspecified atom stereocenters. The fourth-order valence-corrected chi connectivity index (χ4v) is 0.179. The molecule has 0 aliphatic heterocycles. The lowest BCUT2D eigenvalue weighted by molar-refractivity contribution is -0.297. The van der Waals surface area contributed by atoms with Crippen molar-refractivity contribution in [2.24, 2.45) is 0 Å². The molecule has 0 atom stereocenters. The van der Waals surface area contributed by atoms with E-state index in [0.717, 1.165) is 12.2 Å². The molecule has 0 fully saturated rings. The van der Waals surface area contributed by atoms with Gasteiger partial charge in [-0.05, 0) is 6.08 Å². The minimum atomic E-state index is -0.797. The van der Waals surface area contributed by atoms with Gasteiger partial charge in [0.1, 0.15) is 0 Å². The molecule has 0 spiro atoms. The molecule has 5 nitrogen and oxygen atoms in total. The lowest BCUT2D eigenvalue weighted by Crippen LogP contribution is -2.22. The third kappa shape index (κ3) is 4.86. The molecule has 0 aromatic carbocycles. The lowest BCUT2D eigenvalue weighted by Gasteiger charge is -1.97. The number of rotatable bonds is 4. The summed E-state index contributed by atoms with van der Waals surface area (Å²) >= 11 is 0. The first kappa shape index (κ1) is 9.38. The number of carbonyl (C=O) groups excluding carboxylic acids is 2. The number of amides is 1. The standard InChI is InChI=1S/C6H7NO4/c1-3-5(8)7-11-10-6(9)4-2/h3-4H,1-2H2,(H,7,8). The topological polar surface area (TPSA) is 64.6 Å². The predicted octanol–water partition coefficient (Wildman–Crippen LogP) is -0.136. The molecule has 0 aromatic rings. The highest BCUT2D eigenvalue weighted by Crippen LogP contribution is 1.77. The minimum Gasteiger partial charge on any atom is -0.270 e. The summed E-state index contributed by atoms with van der Waals surface area (Å²) in [5.41, 5.74) is 1.75. The molecule has 11 heavy (non-hydrogen) atoms. The Morgan fingerprint density at radius 3 is 2.36 bits per heavy atom. The highest BCUT2D eigenvalue weighted by molar-refractivity contribution is 5.86. The molecule has 0 radical (unpaired) electrons. The molecule has 0 rings (SSSR count). The third-order valence-electron chi connectivity index (χ3n) is 0.618. The molecular formula is C6H7NO4. The zero-order valence-electron chi connectivity index (χ0n) is 5.70. The summed E-state index contributed by atoms with van der Waals surface area (Å²) in [5.74, 6) is -1.41. The van der Waals surface area contributed by atoms with E-state index < -0.39 is 11.9 Å². The number of carbonyl (C=O) groups is 2. The highest BCUT2D eigenvalue weighted by atomic mass is 17.3. The average molecular weight is 157 g/mol. The van der Waals surface area contributed by atoms with E-state index >= 15 is 0 Å². The van der Waals surface area contributed by atoms with Gasteiger partial charge in [-0.15, -0.1) is 0 Å². The Morgan fingerprint density at radius 2 is 1.91 bits per heavy atom. The Hall–Kier alpha value is -1.62. The van der Waals surface area contributed by atoms with Gasteiger partial charge in [-0.3, -0.25) is 9.68 Å². The van der Waals surface area contributed by atoms with Crippen LogP contribution < -0.4 is 5.48 Å². The van der Waals surface area contributed by atoms with Crippen molar-refractivity contribution in [1.82, 2.24) is 5.48 Å². The molecule has 60 valence electrons. The van der Waals surface area contributed by atoms with Gasteiger partial charge >= 0.3 is 5.97 Å². The van der Waals surface area contributed by atoms with E-state index in [4.69, 9.17) is 0 Å². The Labute approximate surface area is 63.2 Å². The maximum atomic E-state index is 10.3. The molecule has 5 heteroatoms. The van der Waals surface area contributed by atoms with Crippen LogP contribution in [0, 0.1) is 0 Å². The quantitative estimate of drug-likeness (QED) is 0.350. The van der Waals surface area contributed by atoms with Gasteiger partial charge < -0.3 is 0 Å². The van der Waals surface area contributed by atoms with E-state index in [1.54, 1.807) is 5.48 Å². The van der Waals surface area contributed by atoms with Crippen molar-refractivity contribution in [3.63, 3.8) is 0 Å². The summed E-state index contributed by atoms with van der Waals surface area (Å²) in [4.78, 5) is 28.4. The van der Waals surface area contributed by atoms with Gasteiger partial charge in [0, 0.05) is 6.08 Å². The van der Waals surface area contributed by atoms with Crippen LogP contribution in [-0.4, -0.2) is 11.9 Å². The highest BCUT2D eigenvalue weighted by Gasteiger charge is 1.97. The Kier molecular flexibility index (Phi) is 4.42. The Bertz CT molecular complexity index is 167. The molecule has 0 aliphatic carbocycles. The average Bonchev–Trinajstić information content (AvgIpc) is 2.04. The molecule has 0 aromatic heterocycles. The van der Waals surface area contributed by atoms with E-state index in [2.05, 4.69) is 23.0 Å². The number of hydrogen-bond donors (Lipinski definition) is 1. The number of nitrogens with one attached hydrogen (secondary N) is 1. The van der Waals surface area contributed by atoms with Crippen LogP contribution in [0.2, 0.25) is 0 Å². The van der Waals surface area contributed by atoms with Crippen LogP contribution in [0.25, 0.3) is 0 Å². The van der Waals surface area contributed by atoms with Gasteiger partial charge in [0.05, 0.1) is 0 Å². The number of hydroxylamine groups is 1. The molecule has 0 bridgehead atoms. The smallest absolute Gasteiger partial charge is 0.270 e. The maximum absolute atomic E-state index is 10.3. The van der Waals surface area contributed by atoms with Crippen LogP contribution in [-0.2, 0) is 19.5 Å². The van der Waals surface area contributed by atoms with Crippen molar-refractivity contribution in [3.8, 4) is 0 Å². The van der Waals surface area contributed by atoms with Crippen molar-refractivity contribution in [3.05, 3.63) is 25.3 Å². The second-order valence-electron chi connectivity index (χ2n) is 1.36. The summed E-state index contributed by atoms with van der Waals surface area (Å²) in [6, 6.07) is 0. The summed E-state index contributed by atoms with van der Waals surface area (Å²) in [6.45, 7) is 6.22. The SMILES string of the molecule is C=CC(=O)NOOC(=O)C=C. The normalized spacial score (nSPS) is 8.00. The van der Waals surface area contributed by atoms with Crippen LogP contribution >= 0.6 is 0 Å². The lowest BCUT2D eigenvalue weighted by atomic mass is 10.6. The molecule has 0 saturated carbocycles. The van der Waals surface area contributed by atoms with Crippen molar-refractivity contribution >= 4 is 11.9 Å². The molecule has 0 heterocycles. The minimum absolute atomic E-state index is 0.609. The summed E-state index contributed by atoms with van der Waals surface area (Å²) in [7, 11) is 0. The van der Waals surface area contributed by atoms with E-state index in [0.29, 0.717) is 0 Å². The first-order valence-corrected chi connectivity index (χ1v) is 2.63. The van der Waals surface area contributed by atoms with Gasteiger partial charge in [0.25, 0.3) is 5.91 Å². The van der Waals surface area contributed by atoms with E-state index in [-0.39, 0.29) is 0 Å². The number of hydrogen-bond acceptors (Lipinski definition) is 4. The molecule has 0 saturated heterocycles. The molecule has 0 aliphatic rings. The van der Waals surface area contributed by atoms with Crippen LogP contribution in [0.4, 0.5) is 0 Å². The fourth-order valence-electron chi connectivity index (χ4n) is 0.179. The van der Waals surface area contributed by atoms with E-state index in [9.17, 15) is 9.59 Å². The second-order valence-corrected chi connectivity index (χ2v) is 1.36. The largest absolute Gasteiger partial charge is 0.368 e. The summed E-state index contributed by atoms with van der Waals surface area (Å²) in [6.07, 6.45) is 1.85. The fraction of sp³-hybridized carbons (Fsp3) is 0. The van der Waals surface area contributed by atoms with Crippen LogP contribution in [0.3, 0.4) is 0 Å². The molecule has 1 amide bonds. The predicted molar refractivity (Wildman–Crippen MR) is 35.7 cm³/mol. The summed E-state index contributed by atoms with van der Waals surface area (Å²) < 4.78 is 0. The van der Waals surface area contributed by atoms with E-state index in [1.165, 1.54) is 0 Å². The maximum Gasteiger partial charge on any atom is 0.368 e. The van der Waals surface area contributed by atoms with E-state index in [1.807, 2.05) is 0 Å². The van der Waals surface area contributed by atoms with Crippen LogP contribution in [0.1, 0.15) is 0 Å². The van der Waals surface area contributed by atoms with Gasteiger partial charge in [0.2, 0.25) is 0 Å². The first-order chi connectivity index (χ1) is 5.20. The van der Waals surface area contributed by atoms with Gasteiger partial charge in [-0.1, -0.05) is 18.1 Å². The zero-order valence-corrected chi connectivity index (χ0v) is 5.70. The van der Waals surface area contributed by atoms with Crippen molar-refractivity contribution in [1.29, 1.82) is 0 Å². The molecule has 1 N–H and O–H groups in total. The van der Waals surface area contributed by atoms with Gasteiger partial charge in [0.15, 0.2) is 0 Å². The molecular weight excluding hydrogens is 150 g/mol. The monoisotopic (exact) mass is 157 g/mol. The zero-order chi connectivity index (χ0) is 8.69. The first-order valence-electron chi connectivity index (χ1n) is 2.63. The van der Waals surface area contributed by atoms with Gasteiger partial charge in [-0.2, -0.15) is 5.48 Å². The Morgan fingerprint density at radius 1 is 1.27 bits per heavy atom.